The van der Waals surface area contributed by atoms with Crippen molar-refractivity contribution in [2.75, 3.05) is 13.1 Å². The smallest absolute Gasteiger partial charge is 0.472 e. The van der Waals surface area contributed by atoms with Crippen LogP contribution in [-0.4, -0.2) is 58.6 Å². The molecule has 0 aromatic carbocycles. The van der Waals surface area contributed by atoms with Gasteiger partial charge in [0.25, 0.3) is 0 Å². The zero-order valence-electron chi connectivity index (χ0n) is 20.7. The quantitative estimate of drug-likeness (QED) is 0.675. The van der Waals surface area contributed by atoms with E-state index in [1.54, 1.807) is 4.90 Å². The number of hydrogen-bond donors (Lipinski definition) is 0. The Morgan fingerprint density at radius 3 is 2.06 bits per heavy atom. The summed E-state index contributed by atoms with van der Waals surface area (Å²) < 4.78 is 24.0. The van der Waals surface area contributed by atoms with Gasteiger partial charge in [-0.3, -0.25) is 0 Å². The first kappa shape index (κ1) is 23.9. The van der Waals surface area contributed by atoms with Crippen LogP contribution < -0.4 is 10.2 Å². The normalized spacial score (nSPS) is 21.1. The van der Waals surface area contributed by atoms with Crippen LogP contribution >= 0.6 is 0 Å². The zero-order chi connectivity index (χ0) is 23.4. The van der Waals surface area contributed by atoms with Gasteiger partial charge in [-0.25, -0.2) is 9.78 Å². The van der Waals surface area contributed by atoms with Crippen molar-refractivity contribution in [2.24, 2.45) is 0 Å². The van der Waals surface area contributed by atoms with Crippen molar-refractivity contribution in [3.63, 3.8) is 0 Å². The first-order valence-electron chi connectivity index (χ1n) is 11.0. The number of ether oxygens (including phenoxy) is 2. The summed E-state index contributed by atoms with van der Waals surface area (Å²) >= 11 is 0. The van der Waals surface area contributed by atoms with Crippen LogP contribution in [0, 0.1) is 0 Å². The lowest BCUT2D eigenvalue weighted by molar-refractivity contribution is 0.00578. The maximum Gasteiger partial charge on any atom is 0.495 e. The maximum atomic E-state index is 12.3. The van der Waals surface area contributed by atoms with Gasteiger partial charge >= 0.3 is 13.2 Å². The van der Waals surface area contributed by atoms with Gasteiger partial charge < -0.3 is 23.7 Å². The highest BCUT2D eigenvalue weighted by Gasteiger charge is 2.52. The Kier molecular flexibility index (Phi) is 5.90. The Morgan fingerprint density at radius 1 is 1.03 bits per heavy atom. The van der Waals surface area contributed by atoms with Gasteiger partial charge in [-0.2, -0.15) is 0 Å². The molecular formula is C23H37BN2O5. The molecule has 2 aliphatic heterocycles. The average Bonchev–Trinajstić information content (AvgIpc) is 2.70. The standard InChI is InChI=1S/C23H37BN2O5/c1-20(2,3)28-18-12-16(24-30-22(7,8)23(9,10)31-24)11-17(25-18)15-13-26(14-15)19(27)29-21(4,5)6/h11-12,15H,13-14H2,1-10H3. The number of amides is 1. The molecule has 0 bridgehead atoms. The van der Waals surface area contributed by atoms with Gasteiger partial charge in [-0.15, -0.1) is 0 Å². The number of likely N-dealkylation sites (tertiary alicyclic amines) is 1. The van der Waals surface area contributed by atoms with Crippen molar-refractivity contribution >= 4 is 18.7 Å². The molecule has 3 heterocycles. The fourth-order valence-electron chi connectivity index (χ4n) is 3.38. The molecule has 0 saturated carbocycles. The van der Waals surface area contributed by atoms with Crippen molar-refractivity contribution in [1.82, 2.24) is 9.88 Å². The molecule has 2 saturated heterocycles. The SMILES string of the molecule is CC(C)(C)OC(=O)N1CC(c2cc(B3OC(C)(C)C(C)(C)O3)cc(OC(C)(C)C)n2)C1. The lowest BCUT2D eigenvalue weighted by Crippen LogP contribution is -2.50. The van der Waals surface area contributed by atoms with Crippen molar-refractivity contribution in [3.05, 3.63) is 17.8 Å². The van der Waals surface area contributed by atoms with Gasteiger partial charge in [0.15, 0.2) is 0 Å². The molecule has 2 fully saturated rings. The third kappa shape index (κ3) is 5.53. The molecule has 172 valence electrons. The first-order chi connectivity index (χ1) is 14.0. The summed E-state index contributed by atoms with van der Waals surface area (Å²) in [7, 11) is -0.504. The highest BCUT2D eigenvalue weighted by molar-refractivity contribution is 6.62. The van der Waals surface area contributed by atoms with E-state index in [0.717, 1.165) is 11.2 Å². The number of hydrogen-bond acceptors (Lipinski definition) is 6. The van der Waals surface area contributed by atoms with Crippen LogP contribution in [0.3, 0.4) is 0 Å². The van der Waals surface area contributed by atoms with Crippen LogP contribution in [0.25, 0.3) is 0 Å². The Balaban J connectivity index is 1.82. The monoisotopic (exact) mass is 432 g/mol. The molecule has 1 aromatic rings. The number of pyridine rings is 1. The van der Waals surface area contributed by atoms with Crippen molar-refractivity contribution in [1.29, 1.82) is 0 Å². The Bertz CT molecular complexity index is 819. The number of aromatic nitrogens is 1. The minimum absolute atomic E-state index is 0.109. The van der Waals surface area contributed by atoms with E-state index in [2.05, 4.69) is 0 Å². The van der Waals surface area contributed by atoms with E-state index in [1.807, 2.05) is 81.4 Å². The molecule has 0 N–H and O–H groups in total. The average molecular weight is 432 g/mol. The van der Waals surface area contributed by atoms with Gasteiger partial charge in [-0.05, 0) is 80.8 Å². The second-order valence-electron chi connectivity index (χ2n) is 11.5. The van der Waals surface area contributed by atoms with Crippen LogP contribution in [0.1, 0.15) is 80.8 Å². The largest absolute Gasteiger partial charge is 0.495 e. The van der Waals surface area contributed by atoms with Gasteiger partial charge in [0.2, 0.25) is 5.88 Å². The molecule has 0 unspecified atom stereocenters. The zero-order valence-corrected chi connectivity index (χ0v) is 20.7. The van der Waals surface area contributed by atoms with Crippen LogP contribution in [0.4, 0.5) is 4.79 Å². The molecule has 0 spiro atoms. The van der Waals surface area contributed by atoms with E-state index in [1.165, 1.54) is 0 Å². The third-order valence-electron chi connectivity index (χ3n) is 5.73. The Morgan fingerprint density at radius 2 is 1.58 bits per heavy atom. The molecule has 1 amide bonds. The van der Waals surface area contributed by atoms with E-state index in [-0.39, 0.29) is 17.6 Å². The first-order valence-corrected chi connectivity index (χ1v) is 11.0. The molecule has 8 heteroatoms. The molecule has 3 rings (SSSR count). The summed E-state index contributed by atoms with van der Waals surface area (Å²) in [6.45, 7) is 20.8. The molecule has 1 aromatic heterocycles. The molecule has 0 aliphatic carbocycles. The van der Waals surface area contributed by atoms with Gasteiger partial charge in [0.1, 0.15) is 11.2 Å². The van der Waals surface area contributed by atoms with Crippen molar-refractivity contribution in [3.8, 4) is 5.88 Å². The molecule has 7 nitrogen and oxygen atoms in total. The Labute approximate surface area is 186 Å². The fraction of sp³-hybridized carbons (Fsp3) is 0.739. The number of rotatable bonds is 3. The van der Waals surface area contributed by atoms with Gasteiger partial charge in [-0.1, -0.05) is 0 Å². The molecule has 0 radical (unpaired) electrons. The highest BCUT2D eigenvalue weighted by atomic mass is 16.7. The van der Waals surface area contributed by atoms with Crippen molar-refractivity contribution < 1.29 is 23.6 Å². The lowest BCUT2D eigenvalue weighted by Gasteiger charge is -2.39. The summed E-state index contributed by atoms with van der Waals surface area (Å²) in [5, 5.41) is 0. The Hall–Kier alpha value is -1.80. The van der Waals surface area contributed by atoms with E-state index < -0.39 is 23.9 Å². The summed E-state index contributed by atoms with van der Waals surface area (Å²) in [4.78, 5) is 18.7. The van der Waals surface area contributed by atoms with E-state index in [0.29, 0.717) is 19.0 Å². The number of carbonyl (C=O) groups excluding carboxylic acids is 1. The lowest BCUT2D eigenvalue weighted by atomic mass is 9.78. The topological polar surface area (TPSA) is 70.1 Å². The molecule has 31 heavy (non-hydrogen) atoms. The fourth-order valence-corrected chi connectivity index (χ4v) is 3.38. The summed E-state index contributed by atoms with van der Waals surface area (Å²) in [5.41, 5.74) is -0.0252. The van der Waals surface area contributed by atoms with Gasteiger partial charge in [0.05, 0.1) is 16.9 Å². The maximum absolute atomic E-state index is 12.3. The van der Waals surface area contributed by atoms with Gasteiger partial charge in [0, 0.05) is 25.1 Å². The third-order valence-corrected chi connectivity index (χ3v) is 5.73. The minimum atomic E-state index is -0.509. The van der Waals surface area contributed by atoms with Crippen molar-refractivity contribution in [2.45, 2.75) is 97.6 Å². The van der Waals surface area contributed by atoms with Crippen LogP contribution in [0.5, 0.6) is 5.88 Å². The van der Waals surface area contributed by atoms with E-state index >= 15 is 0 Å². The molecular weight excluding hydrogens is 395 g/mol. The predicted octanol–water partition coefficient (Wildman–Crippen LogP) is 3.89. The van der Waals surface area contributed by atoms with Crippen LogP contribution in [-0.2, 0) is 14.0 Å². The molecule has 2 aliphatic rings. The highest BCUT2D eigenvalue weighted by Crippen LogP contribution is 2.37. The number of nitrogens with zero attached hydrogens (tertiary/aromatic N) is 2. The summed E-state index contributed by atoms with van der Waals surface area (Å²) in [5.74, 6) is 0.641. The molecule has 0 atom stereocenters. The van der Waals surface area contributed by atoms with E-state index in [4.69, 9.17) is 23.8 Å². The van der Waals surface area contributed by atoms with Crippen LogP contribution in [0.15, 0.2) is 12.1 Å². The summed E-state index contributed by atoms with van der Waals surface area (Å²) in [6.07, 6.45) is -0.294. The van der Waals surface area contributed by atoms with E-state index in [9.17, 15) is 4.79 Å². The second-order valence-corrected chi connectivity index (χ2v) is 11.5. The van der Waals surface area contributed by atoms with Crippen LogP contribution in [0.2, 0.25) is 0 Å². The predicted molar refractivity (Wildman–Crippen MR) is 121 cm³/mol. The summed E-state index contributed by atoms with van der Waals surface area (Å²) in [6, 6.07) is 3.90. The minimum Gasteiger partial charge on any atom is -0.472 e. The second kappa shape index (κ2) is 7.66. The number of carbonyl (C=O) groups is 1.